The molecular formula is C11H17N3OS. The molecule has 1 aromatic heterocycles. The first-order chi connectivity index (χ1) is 7.81. The van der Waals surface area contributed by atoms with Crippen molar-refractivity contribution in [2.24, 2.45) is 5.73 Å². The lowest BCUT2D eigenvalue weighted by Gasteiger charge is -2.25. The second-order valence-corrected chi connectivity index (χ2v) is 5.56. The van der Waals surface area contributed by atoms with Gasteiger partial charge in [0.2, 0.25) is 0 Å². The van der Waals surface area contributed by atoms with E-state index in [1.807, 2.05) is 0 Å². The van der Waals surface area contributed by atoms with E-state index in [2.05, 4.69) is 9.36 Å². The molecule has 16 heavy (non-hydrogen) atoms. The Bertz CT molecular complexity index is 356. The molecule has 3 rings (SSSR count). The highest BCUT2D eigenvalue weighted by atomic mass is 32.1. The summed E-state index contributed by atoms with van der Waals surface area (Å²) in [6, 6.07) is 0.372. The van der Waals surface area contributed by atoms with Gasteiger partial charge in [-0.2, -0.15) is 9.36 Å². The Morgan fingerprint density at radius 3 is 2.56 bits per heavy atom. The molecule has 0 unspecified atom stereocenters. The molecule has 2 saturated carbocycles. The zero-order valence-corrected chi connectivity index (χ0v) is 10.1. The van der Waals surface area contributed by atoms with Crippen molar-refractivity contribution in [2.45, 2.75) is 56.6 Å². The van der Waals surface area contributed by atoms with Gasteiger partial charge in [-0.05, 0) is 38.5 Å². The molecule has 5 heteroatoms. The Labute approximate surface area is 99.4 Å². The van der Waals surface area contributed by atoms with Crippen molar-refractivity contribution in [2.75, 3.05) is 0 Å². The van der Waals surface area contributed by atoms with Crippen LogP contribution < -0.4 is 10.5 Å². The van der Waals surface area contributed by atoms with Crippen molar-refractivity contribution >= 4 is 11.5 Å². The summed E-state index contributed by atoms with van der Waals surface area (Å²) in [5, 5.41) is 0.752. The molecule has 2 fully saturated rings. The van der Waals surface area contributed by atoms with Gasteiger partial charge in [0.1, 0.15) is 11.9 Å². The molecule has 0 aromatic carbocycles. The molecule has 4 nitrogen and oxygen atoms in total. The van der Waals surface area contributed by atoms with Crippen LogP contribution in [0.3, 0.4) is 0 Å². The Morgan fingerprint density at radius 1 is 1.12 bits per heavy atom. The minimum atomic E-state index is 0.305. The second-order valence-electron chi connectivity index (χ2n) is 4.85. The summed E-state index contributed by atoms with van der Waals surface area (Å²) in [6.45, 7) is 0. The third-order valence-electron chi connectivity index (χ3n) is 3.35. The lowest BCUT2D eigenvalue weighted by molar-refractivity contribution is 0.146. The van der Waals surface area contributed by atoms with Crippen molar-refractivity contribution in [1.82, 2.24) is 9.36 Å². The molecule has 0 aliphatic heterocycles. The molecule has 1 heterocycles. The standard InChI is InChI=1S/C11H17N3OS/c12-8-3-5-9(6-4-8)15-11-13-10(14-16-11)7-1-2-7/h7-9H,1-6,12H2. The van der Waals surface area contributed by atoms with E-state index in [0.717, 1.165) is 36.7 Å². The molecular weight excluding hydrogens is 222 g/mol. The summed E-state index contributed by atoms with van der Waals surface area (Å²) in [6.07, 6.45) is 7.04. The first-order valence-corrected chi connectivity index (χ1v) is 6.84. The molecule has 0 saturated heterocycles. The van der Waals surface area contributed by atoms with E-state index in [1.54, 1.807) is 0 Å². The fourth-order valence-electron chi connectivity index (χ4n) is 2.12. The van der Waals surface area contributed by atoms with Crippen molar-refractivity contribution in [3.63, 3.8) is 0 Å². The SMILES string of the molecule is NC1CCC(Oc2nc(C3CC3)ns2)CC1. The van der Waals surface area contributed by atoms with Crippen LogP contribution in [0.5, 0.6) is 5.19 Å². The van der Waals surface area contributed by atoms with Gasteiger partial charge < -0.3 is 10.5 Å². The van der Waals surface area contributed by atoms with E-state index < -0.39 is 0 Å². The minimum absolute atomic E-state index is 0.305. The van der Waals surface area contributed by atoms with Gasteiger partial charge in [-0.3, -0.25) is 0 Å². The lowest BCUT2D eigenvalue weighted by atomic mass is 9.94. The second kappa shape index (κ2) is 4.30. The molecule has 1 aromatic rings. The predicted octanol–water partition coefficient (Wildman–Crippen LogP) is 2.06. The number of aromatic nitrogens is 2. The van der Waals surface area contributed by atoms with Crippen LogP contribution in [0.1, 0.15) is 50.3 Å². The lowest BCUT2D eigenvalue weighted by Crippen LogP contribution is -2.31. The van der Waals surface area contributed by atoms with Crippen molar-refractivity contribution in [3.8, 4) is 5.19 Å². The Morgan fingerprint density at radius 2 is 1.88 bits per heavy atom. The fraction of sp³-hybridized carbons (Fsp3) is 0.818. The number of nitrogens with zero attached hydrogens (tertiary/aromatic N) is 2. The third kappa shape index (κ3) is 2.35. The quantitative estimate of drug-likeness (QED) is 0.877. The summed E-state index contributed by atoms with van der Waals surface area (Å²) >= 11 is 1.40. The Hall–Kier alpha value is -0.680. The molecule has 2 N–H and O–H groups in total. The normalized spacial score (nSPS) is 30.3. The third-order valence-corrected chi connectivity index (χ3v) is 3.97. The smallest absolute Gasteiger partial charge is 0.293 e. The van der Waals surface area contributed by atoms with Crippen LogP contribution in [0, 0.1) is 0 Å². The van der Waals surface area contributed by atoms with E-state index in [4.69, 9.17) is 10.5 Å². The van der Waals surface area contributed by atoms with Crippen molar-refractivity contribution < 1.29 is 4.74 Å². The van der Waals surface area contributed by atoms with Crippen LogP contribution >= 0.6 is 11.5 Å². The van der Waals surface area contributed by atoms with Gasteiger partial charge in [-0.15, -0.1) is 0 Å². The highest BCUT2D eigenvalue weighted by Crippen LogP contribution is 2.39. The summed E-state index contributed by atoms with van der Waals surface area (Å²) < 4.78 is 10.2. The molecule has 0 bridgehead atoms. The van der Waals surface area contributed by atoms with Gasteiger partial charge in [0.25, 0.3) is 5.19 Å². The predicted molar refractivity (Wildman–Crippen MR) is 62.7 cm³/mol. The molecule has 2 aliphatic rings. The molecule has 0 atom stereocenters. The maximum absolute atomic E-state index is 5.86. The van der Waals surface area contributed by atoms with Gasteiger partial charge >= 0.3 is 0 Å². The van der Waals surface area contributed by atoms with Crippen LogP contribution in [-0.4, -0.2) is 21.5 Å². The molecule has 0 amide bonds. The maximum Gasteiger partial charge on any atom is 0.293 e. The van der Waals surface area contributed by atoms with Crippen LogP contribution in [0.2, 0.25) is 0 Å². The van der Waals surface area contributed by atoms with Gasteiger partial charge in [0.15, 0.2) is 0 Å². The zero-order valence-electron chi connectivity index (χ0n) is 9.26. The number of nitrogens with two attached hydrogens (primary N) is 1. The van der Waals surface area contributed by atoms with Crippen LogP contribution in [0.25, 0.3) is 0 Å². The summed E-state index contributed by atoms with van der Waals surface area (Å²) in [4.78, 5) is 4.44. The van der Waals surface area contributed by atoms with Gasteiger partial charge in [-0.25, -0.2) is 0 Å². The number of hydrogen-bond acceptors (Lipinski definition) is 5. The largest absolute Gasteiger partial charge is 0.466 e. The molecule has 88 valence electrons. The Balaban J connectivity index is 1.56. The van der Waals surface area contributed by atoms with E-state index in [9.17, 15) is 0 Å². The number of ether oxygens (including phenoxy) is 1. The number of hydrogen-bond donors (Lipinski definition) is 1. The van der Waals surface area contributed by atoms with Crippen LogP contribution in [-0.2, 0) is 0 Å². The highest BCUT2D eigenvalue weighted by molar-refractivity contribution is 7.07. The maximum atomic E-state index is 5.86. The van der Waals surface area contributed by atoms with Crippen LogP contribution in [0.15, 0.2) is 0 Å². The van der Waals surface area contributed by atoms with Gasteiger partial charge in [0.05, 0.1) is 0 Å². The van der Waals surface area contributed by atoms with Gasteiger partial charge in [0, 0.05) is 23.5 Å². The average molecular weight is 239 g/mol. The van der Waals surface area contributed by atoms with E-state index in [0.29, 0.717) is 18.1 Å². The minimum Gasteiger partial charge on any atom is -0.466 e. The van der Waals surface area contributed by atoms with E-state index in [1.165, 1.54) is 24.4 Å². The molecule has 0 spiro atoms. The van der Waals surface area contributed by atoms with Crippen molar-refractivity contribution in [3.05, 3.63) is 5.82 Å². The van der Waals surface area contributed by atoms with Gasteiger partial charge in [-0.1, -0.05) is 0 Å². The van der Waals surface area contributed by atoms with E-state index in [-0.39, 0.29) is 0 Å². The molecule has 0 radical (unpaired) electrons. The summed E-state index contributed by atoms with van der Waals surface area (Å²) in [5.74, 6) is 1.61. The van der Waals surface area contributed by atoms with E-state index >= 15 is 0 Å². The van der Waals surface area contributed by atoms with Crippen molar-refractivity contribution in [1.29, 1.82) is 0 Å². The first kappa shape index (κ1) is 10.5. The monoisotopic (exact) mass is 239 g/mol. The number of rotatable bonds is 3. The zero-order chi connectivity index (χ0) is 11.0. The van der Waals surface area contributed by atoms with Crippen LogP contribution in [0.4, 0.5) is 0 Å². The highest BCUT2D eigenvalue weighted by Gasteiger charge is 2.29. The molecule has 2 aliphatic carbocycles. The summed E-state index contributed by atoms with van der Waals surface area (Å²) in [5.41, 5.74) is 5.86. The Kier molecular flexibility index (Phi) is 2.81. The fourth-order valence-corrected chi connectivity index (χ4v) is 2.80. The topological polar surface area (TPSA) is 61.0 Å². The summed E-state index contributed by atoms with van der Waals surface area (Å²) in [7, 11) is 0. The average Bonchev–Trinajstić information content (AvgIpc) is 3.04. The first-order valence-electron chi connectivity index (χ1n) is 6.07.